The van der Waals surface area contributed by atoms with Gasteiger partial charge in [0.1, 0.15) is 11.6 Å². The van der Waals surface area contributed by atoms with Crippen molar-refractivity contribution in [3.05, 3.63) is 99.6 Å². The molecule has 1 aliphatic heterocycles. The van der Waals surface area contributed by atoms with Gasteiger partial charge in [-0.15, -0.1) is 0 Å². The minimum absolute atomic E-state index is 0.140. The Labute approximate surface area is 216 Å². The van der Waals surface area contributed by atoms with Crippen molar-refractivity contribution < 1.29 is 9.18 Å². The van der Waals surface area contributed by atoms with Crippen molar-refractivity contribution >= 4 is 16.7 Å². The molecule has 0 aliphatic carbocycles. The predicted molar refractivity (Wildman–Crippen MR) is 145 cm³/mol. The zero-order valence-corrected chi connectivity index (χ0v) is 21.6. The van der Waals surface area contributed by atoms with Gasteiger partial charge in [-0.1, -0.05) is 24.3 Å². The quantitative estimate of drug-likeness (QED) is 0.313. The number of hydrogen-bond acceptors (Lipinski definition) is 4. The molecule has 1 aromatic heterocycles. The second kappa shape index (κ2) is 10.4. The van der Waals surface area contributed by atoms with E-state index < -0.39 is 5.82 Å². The number of aryl methyl sites for hydroxylation is 1. The Bertz CT molecular complexity index is 1510. The van der Waals surface area contributed by atoms with E-state index in [4.69, 9.17) is 4.98 Å². The highest BCUT2D eigenvalue weighted by atomic mass is 19.1. The average molecular weight is 498 g/mol. The first-order chi connectivity index (χ1) is 17.8. The number of ketones is 1. The SMILES string of the molecule is Cc1ccccc1-c1nc2ccc(C(=O)c3ccc(F)cc3)cc2c(=O)n1CC1CCCN(C(C)C)C1. The topological polar surface area (TPSA) is 55.2 Å². The highest BCUT2D eigenvalue weighted by Crippen LogP contribution is 2.26. The van der Waals surface area contributed by atoms with E-state index in [1.807, 2.05) is 35.8 Å². The van der Waals surface area contributed by atoms with E-state index in [0.29, 0.717) is 46.4 Å². The van der Waals surface area contributed by atoms with Crippen molar-refractivity contribution in [1.82, 2.24) is 14.5 Å². The summed E-state index contributed by atoms with van der Waals surface area (Å²) in [6, 6.07) is 19.0. The molecule has 1 fully saturated rings. The summed E-state index contributed by atoms with van der Waals surface area (Å²) in [5.74, 6) is 0.343. The van der Waals surface area contributed by atoms with Crippen LogP contribution in [0.4, 0.5) is 4.39 Å². The zero-order valence-electron chi connectivity index (χ0n) is 21.6. The number of halogens is 1. The van der Waals surface area contributed by atoms with E-state index in [2.05, 4.69) is 18.7 Å². The fourth-order valence-electron chi connectivity index (χ4n) is 5.30. The van der Waals surface area contributed by atoms with E-state index in [1.54, 1.807) is 18.2 Å². The molecule has 0 N–H and O–H groups in total. The van der Waals surface area contributed by atoms with Crippen LogP contribution in [0.5, 0.6) is 0 Å². The Hall–Kier alpha value is -3.64. The molecule has 4 aromatic rings. The Morgan fingerprint density at radius 2 is 1.78 bits per heavy atom. The third-order valence-corrected chi connectivity index (χ3v) is 7.43. The van der Waals surface area contributed by atoms with Gasteiger partial charge in [0, 0.05) is 35.8 Å². The second-order valence-electron chi connectivity index (χ2n) is 10.3. The first-order valence-electron chi connectivity index (χ1n) is 13.0. The van der Waals surface area contributed by atoms with Crippen LogP contribution in [0.1, 0.15) is 48.2 Å². The predicted octanol–water partition coefficient (Wildman–Crippen LogP) is 5.86. The minimum Gasteiger partial charge on any atom is -0.301 e. The maximum absolute atomic E-state index is 14.0. The van der Waals surface area contributed by atoms with Crippen LogP contribution < -0.4 is 5.56 Å². The number of carbonyl (C=O) groups is 1. The number of piperidine rings is 1. The summed E-state index contributed by atoms with van der Waals surface area (Å²) in [7, 11) is 0. The Balaban J connectivity index is 1.62. The summed E-state index contributed by atoms with van der Waals surface area (Å²) in [4.78, 5) is 34.6. The van der Waals surface area contributed by atoms with Crippen molar-refractivity contribution in [3.63, 3.8) is 0 Å². The lowest BCUT2D eigenvalue weighted by Gasteiger charge is -2.36. The molecular formula is C31H32FN3O2. The molecule has 2 heterocycles. The third kappa shape index (κ3) is 5.12. The number of rotatable bonds is 6. The Morgan fingerprint density at radius 3 is 2.51 bits per heavy atom. The van der Waals surface area contributed by atoms with E-state index >= 15 is 0 Å². The van der Waals surface area contributed by atoms with Gasteiger partial charge >= 0.3 is 0 Å². The Morgan fingerprint density at radius 1 is 1.05 bits per heavy atom. The summed E-state index contributed by atoms with van der Waals surface area (Å²) in [6.07, 6.45) is 2.17. The van der Waals surface area contributed by atoms with Crippen LogP contribution in [0.25, 0.3) is 22.3 Å². The number of carbonyl (C=O) groups excluding carboxylic acids is 1. The van der Waals surface area contributed by atoms with Crippen LogP contribution in [-0.2, 0) is 6.54 Å². The molecule has 1 aliphatic rings. The molecule has 3 aromatic carbocycles. The number of hydrogen-bond donors (Lipinski definition) is 0. The molecule has 0 radical (unpaired) electrons. The second-order valence-corrected chi connectivity index (χ2v) is 10.3. The van der Waals surface area contributed by atoms with Gasteiger partial charge in [0.15, 0.2) is 5.78 Å². The van der Waals surface area contributed by atoms with E-state index in [-0.39, 0.29) is 11.3 Å². The van der Waals surface area contributed by atoms with Gasteiger partial charge in [-0.3, -0.25) is 14.2 Å². The molecule has 0 amide bonds. The highest BCUT2D eigenvalue weighted by molar-refractivity contribution is 6.10. The minimum atomic E-state index is -0.398. The monoisotopic (exact) mass is 497 g/mol. The van der Waals surface area contributed by atoms with Gasteiger partial charge < -0.3 is 4.90 Å². The van der Waals surface area contributed by atoms with Gasteiger partial charge in [-0.25, -0.2) is 9.37 Å². The smallest absolute Gasteiger partial charge is 0.261 e. The molecule has 0 saturated carbocycles. The molecule has 5 rings (SSSR count). The molecule has 5 nitrogen and oxygen atoms in total. The zero-order chi connectivity index (χ0) is 26.1. The standard InChI is InChI=1S/C31H32FN3O2/c1-20(2)34-16-6-8-22(18-34)19-35-30(26-9-5-4-7-21(26)3)33-28-15-12-24(17-27(28)31(35)37)29(36)23-10-13-25(32)14-11-23/h4-5,7,9-15,17,20,22H,6,8,16,18-19H2,1-3H3. The average Bonchev–Trinajstić information content (AvgIpc) is 2.90. The normalized spacial score (nSPS) is 16.4. The van der Waals surface area contributed by atoms with Crippen LogP contribution in [0.2, 0.25) is 0 Å². The number of fused-ring (bicyclic) bond motifs is 1. The van der Waals surface area contributed by atoms with E-state index in [0.717, 1.165) is 37.1 Å². The third-order valence-electron chi connectivity index (χ3n) is 7.43. The number of nitrogens with zero attached hydrogens (tertiary/aromatic N) is 3. The first kappa shape index (κ1) is 25.0. The fourth-order valence-corrected chi connectivity index (χ4v) is 5.30. The Kier molecular flexibility index (Phi) is 7.02. The van der Waals surface area contributed by atoms with Crippen molar-refractivity contribution in [2.45, 2.75) is 46.2 Å². The van der Waals surface area contributed by atoms with Crippen LogP contribution >= 0.6 is 0 Å². The maximum Gasteiger partial charge on any atom is 0.261 e. The fraction of sp³-hybridized carbons (Fsp3) is 0.323. The highest BCUT2D eigenvalue weighted by Gasteiger charge is 2.25. The van der Waals surface area contributed by atoms with Gasteiger partial charge in [0.05, 0.1) is 10.9 Å². The molecule has 6 heteroatoms. The van der Waals surface area contributed by atoms with Gasteiger partial charge in [-0.05, 0) is 94.1 Å². The van der Waals surface area contributed by atoms with E-state index in [9.17, 15) is 14.0 Å². The van der Waals surface area contributed by atoms with Crippen LogP contribution in [-0.4, -0.2) is 39.4 Å². The number of likely N-dealkylation sites (tertiary alicyclic amines) is 1. The molecular weight excluding hydrogens is 465 g/mol. The van der Waals surface area contributed by atoms with Crippen molar-refractivity contribution in [3.8, 4) is 11.4 Å². The lowest BCUT2D eigenvalue weighted by Crippen LogP contribution is -2.42. The molecule has 1 unspecified atom stereocenters. The summed E-state index contributed by atoms with van der Waals surface area (Å²) in [6.45, 7) is 9.05. The van der Waals surface area contributed by atoms with Crippen LogP contribution in [0, 0.1) is 18.7 Å². The molecule has 37 heavy (non-hydrogen) atoms. The van der Waals surface area contributed by atoms with Gasteiger partial charge in [-0.2, -0.15) is 0 Å². The first-order valence-corrected chi connectivity index (χ1v) is 13.0. The van der Waals surface area contributed by atoms with Crippen LogP contribution in [0.3, 0.4) is 0 Å². The van der Waals surface area contributed by atoms with Gasteiger partial charge in [0.25, 0.3) is 5.56 Å². The lowest BCUT2D eigenvalue weighted by atomic mass is 9.96. The largest absolute Gasteiger partial charge is 0.301 e. The summed E-state index contributed by atoms with van der Waals surface area (Å²) < 4.78 is 15.2. The number of aromatic nitrogens is 2. The molecule has 1 saturated heterocycles. The van der Waals surface area contributed by atoms with Crippen LogP contribution in [0.15, 0.2) is 71.5 Å². The van der Waals surface area contributed by atoms with E-state index in [1.165, 1.54) is 24.3 Å². The molecule has 1 atom stereocenters. The van der Waals surface area contributed by atoms with Crippen molar-refractivity contribution in [1.29, 1.82) is 0 Å². The lowest BCUT2D eigenvalue weighted by molar-refractivity contribution is 0.103. The maximum atomic E-state index is 14.0. The number of benzene rings is 3. The summed E-state index contributed by atoms with van der Waals surface area (Å²) in [5, 5.41) is 0.418. The van der Waals surface area contributed by atoms with Gasteiger partial charge in [0.2, 0.25) is 0 Å². The summed E-state index contributed by atoms with van der Waals surface area (Å²) >= 11 is 0. The molecule has 0 spiro atoms. The van der Waals surface area contributed by atoms with Crippen molar-refractivity contribution in [2.75, 3.05) is 13.1 Å². The summed E-state index contributed by atoms with van der Waals surface area (Å²) in [5.41, 5.74) is 3.17. The molecule has 190 valence electrons. The van der Waals surface area contributed by atoms with Crippen molar-refractivity contribution in [2.24, 2.45) is 5.92 Å². The molecule has 0 bridgehead atoms.